The Labute approximate surface area is 77.5 Å². The first-order valence-corrected chi connectivity index (χ1v) is 5.07. The minimum Gasteiger partial charge on any atom is -0.344 e. The molecule has 0 heterocycles. The maximum Gasteiger partial charge on any atom is 0.237 e. The van der Waals surface area contributed by atoms with E-state index in [9.17, 15) is 4.79 Å². The van der Waals surface area contributed by atoms with E-state index in [0.29, 0.717) is 6.42 Å². The van der Waals surface area contributed by atoms with Gasteiger partial charge in [-0.25, -0.2) is 0 Å². The van der Waals surface area contributed by atoms with Crippen LogP contribution in [0.4, 0.5) is 0 Å². The lowest BCUT2D eigenvalue weighted by atomic mass is 10.2. The van der Waals surface area contributed by atoms with Crippen LogP contribution in [0.5, 0.6) is 0 Å². The van der Waals surface area contributed by atoms with E-state index in [1.807, 2.05) is 6.26 Å². The van der Waals surface area contributed by atoms with Gasteiger partial charge in [0.25, 0.3) is 0 Å². The lowest BCUT2D eigenvalue weighted by molar-refractivity contribution is -0.122. The first-order chi connectivity index (χ1) is 5.72. The second-order valence-electron chi connectivity index (χ2n) is 2.31. The highest BCUT2D eigenvalue weighted by Crippen LogP contribution is 1.98. The smallest absolute Gasteiger partial charge is 0.237 e. The van der Waals surface area contributed by atoms with Crippen LogP contribution >= 0.6 is 11.8 Å². The molecule has 1 atom stereocenters. The number of carbonyl (C=O) groups is 1. The molecule has 0 aliphatic carbocycles. The molecular weight excluding hydrogens is 172 g/mol. The number of rotatable bonds is 5. The Balaban J connectivity index is 3.55. The number of nitrogens with one attached hydrogen (secondary N) is 1. The van der Waals surface area contributed by atoms with Gasteiger partial charge in [-0.1, -0.05) is 5.92 Å². The molecule has 0 fully saturated rings. The number of carbonyl (C=O) groups excluding carboxylic acids is 1. The van der Waals surface area contributed by atoms with E-state index in [4.69, 9.17) is 12.2 Å². The normalized spacial score (nSPS) is 11.8. The second kappa shape index (κ2) is 7.01. The molecule has 0 spiro atoms. The first kappa shape index (κ1) is 11.3. The molecule has 4 heteroatoms. The zero-order valence-electron chi connectivity index (χ0n) is 7.17. The third-order valence-electron chi connectivity index (χ3n) is 1.33. The van der Waals surface area contributed by atoms with Crippen LogP contribution < -0.4 is 11.1 Å². The molecule has 12 heavy (non-hydrogen) atoms. The third-order valence-corrected chi connectivity index (χ3v) is 1.98. The summed E-state index contributed by atoms with van der Waals surface area (Å²) in [7, 11) is 0. The summed E-state index contributed by atoms with van der Waals surface area (Å²) in [4.78, 5) is 11.1. The molecular formula is C8H14N2OS. The van der Waals surface area contributed by atoms with Crippen LogP contribution in [0.15, 0.2) is 0 Å². The van der Waals surface area contributed by atoms with Gasteiger partial charge >= 0.3 is 0 Å². The van der Waals surface area contributed by atoms with E-state index < -0.39 is 6.04 Å². The average molecular weight is 186 g/mol. The summed E-state index contributed by atoms with van der Waals surface area (Å²) in [5.74, 6) is 3.05. The van der Waals surface area contributed by atoms with E-state index >= 15 is 0 Å². The lowest BCUT2D eigenvalue weighted by Gasteiger charge is -2.09. The molecule has 0 aromatic rings. The van der Waals surface area contributed by atoms with Crippen LogP contribution in [0.3, 0.4) is 0 Å². The molecule has 68 valence electrons. The molecule has 0 rings (SSSR count). The van der Waals surface area contributed by atoms with Gasteiger partial charge < -0.3 is 11.1 Å². The second-order valence-corrected chi connectivity index (χ2v) is 3.30. The standard InChI is InChI=1S/C8H14N2OS/c1-3-5-10-8(11)7(9)4-6-12-2/h1,7H,4-6,9H2,2H3,(H,10,11)/t7-/m1/s1. The Bertz CT molecular complexity index is 176. The molecule has 3 nitrogen and oxygen atoms in total. The first-order valence-electron chi connectivity index (χ1n) is 3.68. The number of nitrogens with two attached hydrogens (primary N) is 1. The van der Waals surface area contributed by atoms with Crippen LogP contribution in [0, 0.1) is 12.3 Å². The highest BCUT2D eigenvalue weighted by Gasteiger charge is 2.10. The fourth-order valence-corrected chi connectivity index (χ4v) is 1.13. The quantitative estimate of drug-likeness (QED) is 0.585. The minimum atomic E-state index is -0.425. The summed E-state index contributed by atoms with van der Waals surface area (Å²) < 4.78 is 0. The molecule has 0 bridgehead atoms. The summed E-state index contributed by atoms with van der Waals surface area (Å²) in [6, 6.07) is -0.425. The molecule has 0 aromatic carbocycles. The maximum atomic E-state index is 11.1. The average Bonchev–Trinajstić information content (AvgIpc) is 2.10. The predicted octanol–water partition coefficient (Wildman–Crippen LogP) is -0.184. The van der Waals surface area contributed by atoms with E-state index in [1.54, 1.807) is 11.8 Å². The van der Waals surface area contributed by atoms with Gasteiger partial charge in [-0.3, -0.25) is 4.79 Å². The molecule has 0 saturated carbocycles. The van der Waals surface area contributed by atoms with Crippen molar-refractivity contribution in [3.8, 4) is 12.3 Å². The van der Waals surface area contributed by atoms with Crippen molar-refractivity contribution in [1.82, 2.24) is 5.32 Å². The van der Waals surface area contributed by atoms with Crippen LogP contribution in [0.2, 0.25) is 0 Å². The van der Waals surface area contributed by atoms with E-state index in [-0.39, 0.29) is 12.5 Å². The Hall–Kier alpha value is -0.660. The van der Waals surface area contributed by atoms with E-state index in [1.165, 1.54) is 0 Å². The van der Waals surface area contributed by atoms with Crippen LogP contribution in [-0.4, -0.2) is 30.5 Å². The highest BCUT2D eigenvalue weighted by molar-refractivity contribution is 7.98. The number of amides is 1. The zero-order valence-corrected chi connectivity index (χ0v) is 7.99. The molecule has 0 radical (unpaired) electrons. The van der Waals surface area contributed by atoms with Crippen molar-refractivity contribution in [2.24, 2.45) is 5.73 Å². The molecule has 0 aliphatic heterocycles. The minimum absolute atomic E-state index is 0.165. The Morgan fingerprint density at radius 2 is 2.50 bits per heavy atom. The van der Waals surface area contributed by atoms with Crippen molar-refractivity contribution in [2.75, 3.05) is 18.6 Å². The van der Waals surface area contributed by atoms with Gasteiger partial charge in [-0.05, 0) is 18.4 Å². The van der Waals surface area contributed by atoms with Gasteiger partial charge in [0.1, 0.15) is 0 Å². The fourth-order valence-electron chi connectivity index (χ4n) is 0.645. The van der Waals surface area contributed by atoms with Crippen LogP contribution in [-0.2, 0) is 4.79 Å². The summed E-state index contributed by atoms with van der Waals surface area (Å²) in [5.41, 5.74) is 5.55. The van der Waals surface area contributed by atoms with Crippen molar-refractivity contribution in [1.29, 1.82) is 0 Å². The summed E-state index contributed by atoms with van der Waals surface area (Å²) in [5, 5.41) is 2.53. The third kappa shape index (κ3) is 5.05. The van der Waals surface area contributed by atoms with Crippen molar-refractivity contribution in [3.63, 3.8) is 0 Å². The summed E-state index contributed by atoms with van der Waals surface area (Å²) >= 11 is 1.67. The van der Waals surface area contributed by atoms with Gasteiger partial charge in [0.2, 0.25) is 5.91 Å². The van der Waals surface area contributed by atoms with Gasteiger partial charge in [0.15, 0.2) is 0 Å². The number of hydrogen-bond donors (Lipinski definition) is 2. The summed E-state index contributed by atoms with van der Waals surface area (Å²) in [6.07, 6.45) is 7.64. The molecule has 0 saturated heterocycles. The van der Waals surface area contributed by atoms with Gasteiger partial charge in [-0.2, -0.15) is 11.8 Å². The van der Waals surface area contributed by atoms with Crippen LogP contribution in [0.25, 0.3) is 0 Å². The Morgan fingerprint density at radius 3 is 3.00 bits per heavy atom. The monoisotopic (exact) mass is 186 g/mol. The van der Waals surface area contributed by atoms with E-state index in [2.05, 4.69) is 11.2 Å². The largest absolute Gasteiger partial charge is 0.344 e. The van der Waals surface area contributed by atoms with Gasteiger partial charge in [0.05, 0.1) is 12.6 Å². The lowest BCUT2D eigenvalue weighted by Crippen LogP contribution is -2.41. The Kier molecular flexibility index (Phi) is 6.63. The van der Waals surface area contributed by atoms with E-state index in [0.717, 1.165) is 5.75 Å². The maximum absolute atomic E-state index is 11.1. The molecule has 3 N–H and O–H groups in total. The van der Waals surface area contributed by atoms with Crippen molar-refractivity contribution in [2.45, 2.75) is 12.5 Å². The molecule has 1 amide bonds. The number of hydrogen-bond acceptors (Lipinski definition) is 3. The van der Waals surface area contributed by atoms with Crippen molar-refractivity contribution < 1.29 is 4.79 Å². The van der Waals surface area contributed by atoms with Gasteiger partial charge in [-0.15, -0.1) is 6.42 Å². The predicted molar refractivity (Wildman–Crippen MR) is 52.8 cm³/mol. The van der Waals surface area contributed by atoms with Crippen molar-refractivity contribution in [3.05, 3.63) is 0 Å². The SMILES string of the molecule is C#CCNC(=O)[C@H](N)CCSC. The molecule has 0 aromatic heterocycles. The van der Waals surface area contributed by atoms with Crippen LogP contribution in [0.1, 0.15) is 6.42 Å². The summed E-state index contributed by atoms with van der Waals surface area (Å²) in [6.45, 7) is 0.256. The number of terminal acetylenes is 1. The molecule has 0 unspecified atom stereocenters. The highest BCUT2D eigenvalue weighted by atomic mass is 32.2. The Morgan fingerprint density at radius 1 is 1.83 bits per heavy atom. The fraction of sp³-hybridized carbons (Fsp3) is 0.625. The molecule has 0 aliphatic rings. The van der Waals surface area contributed by atoms with Crippen molar-refractivity contribution >= 4 is 17.7 Å². The van der Waals surface area contributed by atoms with Gasteiger partial charge in [0, 0.05) is 0 Å². The topological polar surface area (TPSA) is 55.1 Å². The zero-order chi connectivity index (χ0) is 9.40. The number of thioether (sulfide) groups is 1.